The fraction of sp³-hybridized carbons (Fsp3) is 0.632. The number of nitrogens with zero attached hydrogens (tertiary/aromatic N) is 2. The SMILES string of the molecule is Cl.Cl.O=C(O)CC[C@H]1CC[C@H](NC(=O)c2ccc(N3CCNCC3)nc2)CC1. The molecular weight excluding hydrogens is 403 g/mol. The Bertz CT molecular complexity index is 616. The highest BCUT2D eigenvalue weighted by atomic mass is 35.5. The van der Waals surface area contributed by atoms with Crippen molar-refractivity contribution in [3.63, 3.8) is 0 Å². The Labute approximate surface area is 178 Å². The second kappa shape index (κ2) is 12.1. The Morgan fingerprint density at radius 1 is 1.14 bits per heavy atom. The molecule has 2 heterocycles. The Balaban J connectivity index is 0.00000196. The molecule has 0 atom stereocenters. The molecule has 1 saturated carbocycles. The lowest BCUT2D eigenvalue weighted by atomic mass is 9.83. The smallest absolute Gasteiger partial charge is 0.303 e. The Morgan fingerprint density at radius 2 is 1.82 bits per heavy atom. The first-order chi connectivity index (χ1) is 12.6. The van der Waals surface area contributed by atoms with Crippen molar-refractivity contribution in [2.75, 3.05) is 31.1 Å². The maximum absolute atomic E-state index is 12.4. The van der Waals surface area contributed by atoms with E-state index in [1.54, 1.807) is 6.20 Å². The minimum absolute atomic E-state index is 0. The topological polar surface area (TPSA) is 94.6 Å². The number of amides is 1. The molecule has 1 amide bonds. The zero-order valence-electron chi connectivity index (χ0n) is 15.9. The summed E-state index contributed by atoms with van der Waals surface area (Å²) in [7, 11) is 0. The van der Waals surface area contributed by atoms with Crippen molar-refractivity contribution in [3.8, 4) is 0 Å². The third kappa shape index (κ3) is 7.11. The van der Waals surface area contributed by atoms with Gasteiger partial charge in [-0.25, -0.2) is 4.98 Å². The lowest BCUT2D eigenvalue weighted by Gasteiger charge is -2.29. The van der Waals surface area contributed by atoms with Crippen molar-refractivity contribution < 1.29 is 14.7 Å². The number of carboxylic acids is 1. The number of carbonyl (C=O) groups is 2. The van der Waals surface area contributed by atoms with Gasteiger partial charge in [-0.15, -0.1) is 24.8 Å². The number of hydrogen-bond donors (Lipinski definition) is 3. The molecule has 28 heavy (non-hydrogen) atoms. The van der Waals surface area contributed by atoms with Gasteiger partial charge in [-0.05, 0) is 50.2 Å². The van der Waals surface area contributed by atoms with Gasteiger partial charge >= 0.3 is 5.97 Å². The van der Waals surface area contributed by atoms with Crippen molar-refractivity contribution in [2.45, 2.75) is 44.6 Å². The van der Waals surface area contributed by atoms with Gasteiger partial charge in [0.15, 0.2) is 0 Å². The normalized spacial score (nSPS) is 21.8. The number of carboxylic acid groups (broad SMARTS) is 1. The molecule has 1 saturated heterocycles. The van der Waals surface area contributed by atoms with E-state index in [9.17, 15) is 9.59 Å². The lowest BCUT2D eigenvalue weighted by Crippen LogP contribution is -2.44. The molecule has 0 unspecified atom stereocenters. The predicted octanol–water partition coefficient (Wildman–Crippen LogP) is 2.49. The molecule has 1 aromatic heterocycles. The summed E-state index contributed by atoms with van der Waals surface area (Å²) in [5.74, 6) is 0.594. The first-order valence-electron chi connectivity index (χ1n) is 9.56. The van der Waals surface area contributed by atoms with Gasteiger partial charge in [-0.3, -0.25) is 9.59 Å². The highest BCUT2D eigenvalue weighted by Gasteiger charge is 2.23. The van der Waals surface area contributed by atoms with Crippen LogP contribution in [0.5, 0.6) is 0 Å². The molecule has 3 N–H and O–H groups in total. The van der Waals surface area contributed by atoms with Crippen molar-refractivity contribution in [3.05, 3.63) is 23.9 Å². The van der Waals surface area contributed by atoms with Crippen LogP contribution in [0.1, 0.15) is 48.9 Å². The Kier molecular flexibility index (Phi) is 10.6. The quantitative estimate of drug-likeness (QED) is 0.638. The van der Waals surface area contributed by atoms with Gasteiger partial charge in [0.2, 0.25) is 0 Å². The van der Waals surface area contributed by atoms with E-state index < -0.39 is 5.97 Å². The van der Waals surface area contributed by atoms with Gasteiger partial charge in [0.05, 0.1) is 5.56 Å². The number of nitrogens with one attached hydrogen (secondary N) is 2. The van der Waals surface area contributed by atoms with E-state index in [1.165, 1.54) is 0 Å². The average molecular weight is 433 g/mol. The average Bonchev–Trinajstić information content (AvgIpc) is 2.68. The number of piperazine rings is 1. The number of pyridine rings is 1. The van der Waals surface area contributed by atoms with E-state index >= 15 is 0 Å². The minimum Gasteiger partial charge on any atom is -0.481 e. The molecule has 7 nitrogen and oxygen atoms in total. The molecule has 158 valence electrons. The number of carbonyl (C=O) groups excluding carboxylic acids is 1. The number of rotatable bonds is 6. The molecule has 2 aliphatic rings. The summed E-state index contributed by atoms with van der Waals surface area (Å²) in [6.45, 7) is 3.78. The zero-order chi connectivity index (χ0) is 18.4. The number of hydrogen-bond acceptors (Lipinski definition) is 5. The lowest BCUT2D eigenvalue weighted by molar-refractivity contribution is -0.137. The largest absolute Gasteiger partial charge is 0.481 e. The molecule has 0 spiro atoms. The van der Waals surface area contributed by atoms with Crippen molar-refractivity contribution in [1.82, 2.24) is 15.6 Å². The number of aliphatic carboxylic acids is 1. The van der Waals surface area contributed by atoms with Crippen LogP contribution in [0.2, 0.25) is 0 Å². The Hall–Kier alpha value is -1.57. The monoisotopic (exact) mass is 432 g/mol. The summed E-state index contributed by atoms with van der Waals surface area (Å²) < 4.78 is 0. The maximum atomic E-state index is 12.4. The van der Waals surface area contributed by atoms with Crippen LogP contribution in [-0.4, -0.2) is 54.2 Å². The van der Waals surface area contributed by atoms with Crippen LogP contribution in [0.15, 0.2) is 18.3 Å². The molecular formula is C19H30Cl2N4O3. The van der Waals surface area contributed by atoms with E-state index in [1.807, 2.05) is 12.1 Å². The van der Waals surface area contributed by atoms with Gasteiger partial charge in [0.1, 0.15) is 5.82 Å². The number of halogens is 2. The first kappa shape index (κ1) is 24.5. The summed E-state index contributed by atoms with van der Waals surface area (Å²) in [6.07, 6.45) is 6.45. The summed E-state index contributed by atoms with van der Waals surface area (Å²) in [5.41, 5.74) is 0.594. The molecule has 1 aliphatic heterocycles. The van der Waals surface area contributed by atoms with E-state index in [0.29, 0.717) is 11.5 Å². The molecule has 1 aromatic rings. The van der Waals surface area contributed by atoms with E-state index in [4.69, 9.17) is 5.11 Å². The zero-order valence-corrected chi connectivity index (χ0v) is 17.6. The van der Waals surface area contributed by atoms with Gasteiger partial charge < -0.3 is 20.6 Å². The first-order valence-corrected chi connectivity index (χ1v) is 9.56. The molecule has 2 fully saturated rings. The standard InChI is InChI=1S/C19H28N4O3.2ClH/c24-18(25)8-3-14-1-5-16(6-2-14)22-19(26)15-4-7-17(21-13-15)23-11-9-20-10-12-23;;/h4,7,13-14,16,20H,1-3,5-6,8-12H2,(H,22,26)(H,24,25);2*1H/t14-,16-;;. The van der Waals surface area contributed by atoms with Crippen molar-refractivity contribution >= 4 is 42.5 Å². The van der Waals surface area contributed by atoms with Crippen LogP contribution < -0.4 is 15.5 Å². The van der Waals surface area contributed by atoms with Crippen LogP contribution in [0, 0.1) is 5.92 Å². The predicted molar refractivity (Wildman–Crippen MR) is 114 cm³/mol. The van der Waals surface area contributed by atoms with Crippen LogP contribution in [0.25, 0.3) is 0 Å². The van der Waals surface area contributed by atoms with Gasteiger partial charge in [-0.2, -0.15) is 0 Å². The van der Waals surface area contributed by atoms with E-state index in [2.05, 4.69) is 20.5 Å². The van der Waals surface area contributed by atoms with Crippen LogP contribution in [0.4, 0.5) is 5.82 Å². The van der Waals surface area contributed by atoms with E-state index in [0.717, 1.165) is 64.1 Å². The van der Waals surface area contributed by atoms with Crippen LogP contribution in [-0.2, 0) is 4.79 Å². The number of aromatic nitrogens is 1. The van der Waals surface area contributed by atoms with Crippen LogP contribution in [0.3, 0.4) is 0 Å². The summed E-state index contributed by atoms with van der Waals surface area (Å²) in [4.78, 5) is 29.8. The molecule has 0 aromatic carbocycles. The summed E-state index contributed by atoms with van der Waals surface area (Å²) >= 11 is 0. The van der Waals surface area contributed by atoms with Gasteiger partial charge in [0.25, 0.3) is 5.91 Å². The Morgan fingerprint density at radius 3 is 2.39 bits per heavy atom. The summed E-state index contributed by atoms with van der Waals surface area (Å²) in [5, 5.41) is 15.2. The molecule has 1 aliphatic carbocycles. The van der Waals surface area contributed by atoms with Gasteiger partial charge in [0, 0.05) is 44.8 Å². The van der Waals surface area contributed by atoms with Crippen molar-refractivity contribution in [1.29, 1.82) is 0 Å². The number of anilines is 1. The van der Waals surface area contributed by atoms with Gasteiger partial charge in [-0.1, -0.05) is 0 Å². The molecule has 9 heteroatoms. The third-order valence-electron chi connectivity index (χ3n) is 5.40. The highest BCUT2D eigenvalue weighted by molar-refractivity contribution is 5.94. The molecule has 0 radical (unpaired) electrons. The molecule has 3 rings (SSSR count). The fourth-order valence-electron chi connectivity index (χ4n) is 3.79. The summed E-state index contributed by atoms with van der Waals surface area (Å²) in [6, 6.07) is 3.94. The second-order valence-electron chi connectivity index (χ2n) is 7.27. The van der Waals surface area contributed by atoms with E-state index in [-0.39, 0.29) is 43.2 Å². The third-order valence-corrected chi connectivity index (χ3v) is 5.40. The van der Waals surface area contributed by atoms with Crippen molar-refractivity contribution in [2.24, 2.45) is 5.92 Å². The highest BCUT2D eigenvalue weighted by Crippen LogP contribution is 2.28. The minimum atomic E-state index is -0.725. The fourth-order valence-corrected chi connectivity index (χ4v) is 3.79. The maximum Gasteiger partial charge on any atom is 0.303 e. The molecule has 0 bridgehead atoms. The van der Waals surface area contributed by atoms with Crippen LogP contribution >= 0.6 is 24.8 Å². The second-order valence-corrected chi connectivity index (χ2v) is 7.27.